The first kappa shape index (κ1) is 13.9. The summed E-state index contributed by atoms with van der Waals surface area (Å²) >= 11 is 0. The maximum absolute atomic E-state index is 10.6. The van der Waals surface area contributed by atoms with Crippen LogP contribution < -0.4 is 4.90 Å². The summed E-state index contributed by atoms with van der Waals surface area (Å²) in [5, 5.41) is 8.72. The summed E-state index contributed by atoms with van der Waals surface area (Å²) < 4.78 is 5.62. The summed E-state index contributed by atoms with van der Waals surface area (Å²) in [6.45, 7) is 4.46. The predicted octanol–water partition coefficient (Wildman–Crippen LogP) is 2.32. The molecule has 1 saturated heterocycles. The number of benzene rings is 1. The number of aliphatic carboxylic acids is 1. The van der Waals surface area contributed by atoms with E-state index in [2.05, 4.69) is 36.1 Å². The Morgan fingerprint density at radius 3 is 2.79 bits per heavy atom. The zero-order valence-corrected chi connectivity index (χ0v) is 11.3. The van der Waals surface area contributed by atoms with Crippen LogP contribution in [0.25, 0.3) is 0 Å². The van der Waals surface area contributed by atoms with Crippen molar-refractivity contribution in [3.05, 3.63) is 29.8 Å². The summed E-state index contributed by atoms with van der Waals surface area (Å²) in [6.07, 6.45) is 1.83. The first-order valence-corrected chi connectivity index (χ1v) is 6.86. The second kappa shape index (κ2) is 6.57. The second-order valence-electron chi connectivity index (χ2n) is 4.89. The average Bonchev–Trinajstić information content (AvgIpc) is 2.45. The van der Waals surface area contributed by atoms with E-state index in [0.717, 1.165) is 19.5 Å². The lowest BCUT2D eigenvalue weighted by molar-refractivity contribution is -0.137. The number of aryl methyl sites for hydroxylation is 1. The fourth-order valence-electron chi connectivity index (χ4n) is 2.36. The van der Waals surface area contributed by atoms with Crippen LogP contribution in [0.1, 0.15) is 25.3 Å². The maximum Gasteiger partial charge on any atom is 0.303 e. The van der Waals surface area contributed by atoms with Crippen molar-refractivity contribution in [3.63, 3.8) is 0 Å². The van der Waals surface area contributed by atoms with E-state index < -0.39 is 5.97 Å². The molecule has 0 aromatic heterocycles. The van der Waals surface area contributed by atoms with E-state index in [0.29, 0.717) is 13.0 Å². The van der Waals surface area contributed by atoms with Gasteiger partial charge in [0.05, 0.1) is 12.7 Å². The molecule has 1 N–H and O–H groups in total. The minimum atomic E-state index is -0.756. The number of carboxylic acid groups (broad SMARTS) is 1. The van der Waals surface area contributed by atoms with Crippen molar-refractivity contribution >= 4 is 11.7 Å². The Balaban J connectivity index is 1.94. The van der Waals surface area contributed by atoms with E-state index in [4.69, 9.17) is 9.84 Å². The minimum absolute atomic E-state index is 0.0238. The summed E-state index contributed by atoms with van der Waals surface area (Å²) in [4.78, 5) is 12.9. The minimum Gasteiger partial charge on any atom is -0.481 e. The lowest BCUT2D eigenvalue weighted by Crippen LogP contribution is -2.42. The fraction of sp³-hybridized carbons (Fsp3) is 0.533. The number of carboxylic acids is 1. The normalized spacial score (nSPS) is 19.4. The largest absolute Gasteiger partial charge is 0.481 e. The van der Waals surface area contributed by atoms with Gasteiger partial charge in [-0.15, -0.1) is 0 Å². The Kier molecular flexibility index (Phi) is 4.80. The molecular formula is C15H21NO3. The predicted molar refractivity (Wildman–Crippen MR) is 74.6 cm³/mol. The monoisotopic (exact) mass is 263 g/mol. The van der Waals surface area contributed by atoms with Crippen molar-refractivity contribution < 1.29 is 14.6 Å². The molecular weight excluding hydrogens is 242 g/mol. The molecule has 1 heterocycles. The highest BCUT2D eigenvalue weighted by Crippen LogP contribution is 2.20. The number of nitrogens with zero attached hydrogens (tertiary/aromatic N) is 1. The molecule has 4 nitrogen and oxygen atoms in total. The van der Waals surface area contributed by atoms with Crippen molar-refractivity contribution in [2.45, 2.75) is 32.3 Å². The van der Waals surface area contributed by atoms with Crippen LogP contribution in [0.5, 0.6) is 0 Å². The molecule has 104 valence electrons. The molecule has 0 bridgehead atoms. The maximum atomic E-state index is 10.6. The fourth-order valence-corrected chi connectivity index (χ4v) is 2.36. The number of anilines is 1. The zero-order chi connectivity index (χ0) is 13.7. The van der Waals surface area contributed by atoms with Gasteiger partial charge in [0.1, 0.15) is 0 Å². The van der Waals surface area contributed by atoms with Crippen LogP contribution in [0.4, 0.5) is 5.69 Å². The molecule has 1 atom stereocenters. The first-order valence-electron chi connectivity index (χ1n) is 6.86. The van der Waals surface area contributed by atoms with E-state index in [-0.39, 0.29) is 12.5 Å². The first-order chi connectivity index (χ1) is 9.19. The number of hydrogen-bond acceptors (Lipinski definition) is 3. The highest BCUT2D eigenvalue weighted by Gasteiger charge is 2.21. The Labute approximate surface area is 114 Å². The third-order valence-electron chi connectivity index (χ3n) is 3.53. The summed E-state index contributed by atoms with van der Waals surface area (Å²) in [5.41, 5.74) is 2.53. The standard InChI is InChI=1S/C15H21NO3/c1-2-12-3-5-13(6-4-12)16-9-10-19-14(11-16)7-8-15(17)18/h3-6,14H,2,7-11H2,1H3,(H,17,18). The van der Waals surface area contributed by atoms with Crippen molar-refractivity contribution in [2.24, 2.45) is 0 Å². The second-order valence-corrected chi connectivity index (χ2v) is 4.89. The average molecular weight is 263 g/mol. The van der Waals surface area contributed by atoms with Crippen LogP contribution in [0.15, 0.2) is 24.3 Å². The van der Waals surface area contributed by atoms with Gasteiger partial charge in [-0.3, -0.25) is 4.79 Å². The van der Waals surface area contributed by atoms with Gasteiger partial charge in [-0.05, 0) is 30.5 Å². The number of ether oxygens (including phenoxy) is 1. The molecule has 19 heavy (non-hydrogen) atoms. The molecule has 1 aliphatic heterocycles. The Hall–Kier alpha value is -1.55. The van der Waals surface area contributed by atoms with Crippen molar-refractivity contribution in [2.75, 3.05) is 24.6 Å². The van der Waals surface area contributed by atoms with Crippen LogP contribution in [0, 0.1) is 0 Å². The Morgan fingerprint density at radius 1 is 1.42 bits per heavy atom. The third-order valence-corrected chi connectivity index (χ3v) is 3.53. The van der Waals surface area contributed by atoms with E-state index in [1.54, 1.807) is 0 Å². The van der Waals surface area contributed by atoms with Crippen molar-refractivity contribution in [3.8, 4) is 0 Å². The van der Waals surface area contributed by atoms with Crippen molar-refractivity contribution in [1.82, 2.24) is 0 Å². The van der Waals surface area contributed by atoms with Crippen LogP contribution in [-0.4, -0.2) is 36.9 Å². The number of hydrogen-bond donors (Lipinski definition) is 1. The van der Waals surface area contributed by atoms with Gasteiger partial charge in [0, 0.05) is 25.2 Å². The number of rotatable bonds is 5. The van der Waals surface area contributed by atoms with Gasteiger partial charge < -0.3 is 14.7 Å². The molecule has 0 saturated carbocycles. The smallest absolute Gasteiger partial charge is 0.303 e. The van der Waals surface area contributed by atoms with Gasteiger partial charge in [-0.1, -0.05) is 19.1 Å². The van der Waals surface area contributed by atoms with Gasteiger partial charge in [-0.25, -0.2) is 0 Å². The van der Waals surface area contributed by atoms with E-state index in [9.17, 15) is 4.79 Å². The molecule has 0 radical (unpaired) electrons. The lowest BCUT2D eigenvalue weighted by atomic mass is 10.1. The molecule has 1 aromatic carbocycles. The molecule has 1 aliphatic rings. The topological polar surface area (TPSA) is 49.8 Å². The quantitative estimate of drug-likeness (QED) is 0.885. The molecule has 1 unspecified atom stereocenters. The SMILES string of the molecule is CCc1ccc(N2CCOC(CCC(=O)O)C2)cc1. The molecule has 2 rings (SSSR count). The van der Waals surface area contributed by atoms with E-state index in [1.807, 2.05) is 0 Å². The van der Waals surface area contributed by atoms with Crippen LogP contribution >= 0.6 is 0 Å². The molecule has 4 heteroatoms. The van der Waals surface area contributed by atoms with E-state index in [1.165, 1.54) is 11.3 Å². The summed E-state index contributed by atoms with van der Waals surface area (Å²) in [7, 11) is 0. The van der Waals surface area contributed by atoms with Crippen LogP contribution in [0.3, 0.4) is 0 Å². The lowest BCUT2D eigenvalue weighted by Gasteiger charge is -2.34. The molecule has 1 aromatic rings. The number of morpholine rings is 1. The highest BCUT2D eigenvalue weighted by molar-refractivity contribution is 5.66. The number of carbonyl (C=O) groups is 1. The molecule has 0 aliphatic carbocycles. The van der Waals surface area contributed by atoms with Gasteiger partial charge in [0.2, 0.25) is 0 Å². The van der Waals surface area contributed by atoms with Crippen LogP contribution in [0.2, 0.25) is 0 Å². The third kappa shape index (κ3) is 3.96. The summed E-state index contributed by atoms with van der Waals surface area (Å²) in [6, 6.07) is 8.57. The highest BCUT2D eigenvalue weighted by atomic mass is 16.5. The molecule has 1 fully saturated rings. The van der Waals surface area contributed by atoms with E-state index >= 15 is 0 Å². The summed E-state index contributed by atoms with van der Waals surface area (Å²) in [5.74, 6) is -0.756. The van der Waals surface area contributed by atoms with Crippen molar-refractivity contribution in [1.29, 1.82) is 0 Å². The van der Waals surface area contributed by atoms with Gasteiger partial charge in [0.15, 0.2) is 0 Å². The molecule has 0 spiro atoms. The van der Waals surface area contributed by atoms with Gasteiger partial charge in [-0.2, -0.15) is 0 Å². The van der Waals surface area contributed by atoms with Crippen LogP contribution in [-0.2, 0) is 16.0 Å². The Bertz CT molecular complexity index is 416. The Morgan fingerprint density at radius 2 is 2.16 bits per heavy atom. The molecule has 0 amide bonds. The zero-order valence-electron chi connectivity index (χ0n) is 11.3. The van der Waals surface area contributed by atoms with Gasteiger partial charge in [0.25, 0.3) is 0 Å². The van der Waals surface area contributed by atoms with Gasteiger partial charge >= 0.3 is 5.97 Å².